The van der Waals surface area contributed by atoms with E-state index < -0.39 is 0 Å². The van der Waals surface area contributed by atoms with Gasteiger partial charge in [-0.1, -0.05) is 31.9 Å². The minimum atomic E-state index is 0.692. The Bertz CT molecular complexity index is 587. The maximum atomic E-state index is 5.36. The molecule has 0 aliphatic heterocycles. The SMILES string of the molecule is COc1ccc(Br)cc1CNc1cc(Br)ccc1Br. The van der Waals surface area contributed by atoms with Crippen molar-refractivity contribution in [3.8, 4) is 5.75 Å². The number of ether oxygens (including phenoxy) is 1. The summed E-state index contributed by atoms with van der Waals surface area (Å²) in [6.45, 7) is 0.692. The molecule has 2 rings (SSSR count). The van der Waals surface area contributed by atoms with Gasteiger partial charge in [0.25, 0.3) is 0 Å². The zero-order chi connectivity index (χ0) is 13.8. The lowest BCUT2D eigenvalue weighted by Crippen LogP contribution is -2.02. The van der Waals surface area contributed by atoms with Crippen molar-refractivity contribution in [3.63, 3.8) is 0 Å². The second-order valence-electron chi connectivity index (χ2n) is 3.93. The fourth-order valence-corrected chi connectivity index (χ4v) is 2.87. The van der Waals surface area contributed by atoms with Crippen LogP contribution in [0.25, 0.3) is 0 Å². The van der Waals surface area contributed by atoms with Crippen LogP contribution in [-0.2, 0) is 6.54 Å². The molecule has 0 amide bonds. The Labute approximate surface area is 137 Å². The van der Waals surface area contributed by atoms with Gasteiger partial charge in [0.1, 0.15) is 5.75 Å². The lowest BCUT2D eigenvalue weighted by Gasteiger charge is -2.12. The fourth-order valence-electron chi connectivity index (χ4n) is 1.71. The number of halogens is 3. The van der Waals surface area contributed by atoms with E-state index in [1.54, 1.807) is 7.11 Å². The van der Waals surface area contributed by atoms with Gasteiger partial charge in [0.05, 0.1) is 7.11 Å². The monoisotopic (exact) mass is 447 g/mol. The number of hydrogen-bond acceptors (Lipinski definition) is 2. The van der Waals surface area contributed by atoms with Crippen LogP contribution >= 0.6 is 47.8 Å². The largest absolute Gasteiger partial charge is 0.496 e. The van der Waals surface area contributed by atoms with Gasteiger partial charge in [-0.3, -0.25) is 0 Å². The molecule has 0 unspecified atom stereocenters. The Morgan fingerprint density at radius 3 is 2.42 bits per heavy atom. The third-order valence-electron chi connectivity index (χ3n) is 2.64. The van der Waals surface area contributed by atoms with Crippen molar-refractivity contribution in [1.82, 2.24) is 0 Å². The minimum Gasteiger partial charge on any atom is -0.496 e. The highest BCUT2D eigenvalue weighted by atomic mass is 79.9. The Hall–Kier alpha value is -0.520. The smallest absolute Gasteiger partial charge is 0.123 e. The molecule has 0 fully saturated rings. The maximum Gasteiger partial charge on any atom is 0.123 e. The third kappa shape index (κ3) is 3.97. The molecule has 0 bridgehead atoms. The molecule has 0 atom stereocenters. The van der Waals surface area contributed by atoms with Gasteiger partial charge in [-0.2, -0.15) is 0 Å². The second-order valence-corrected chi connectivity index (χ2v) is 6.62. The molecule has 0 saturated carbocycles. The van der Waals surface area contributed by atoms with E-state index in [1.807, 2.05) is 30.3 Å². The number of hydrogen-bond donors (Lipinski definition) is 1. The standard InChI is InChI=1S/C14H12Br3NO/c1-19-14-5-3-10(15)6-9(14)8-18-13-7-11(16)2-4-12(13)17/h2-7,18H,8H2,1H3. The van der Waals surface area contributed by atoms with Crippen molar-refractivity contribution in [3.05, 3.63) is 55.4 Å². The first kappa shape index (κ1) is 14.9. The highest BCUT2D eigenvalue weighted by molar-refractivity contribution is 9.11. The van der Waals surface area contributed by atoms with Crippen LogP contribution in [0.3, 0.4) is 0 Å². The van der Waals surface area contributed by atoms with E-state index in [0.717, 1.165) is 30.4 Å². The van der Waals surface area contributed by atoms with E-state index in [9.17, 15) is 0 Å². The fraction of sp³-hybridized carbons (Fsp3) is 0.143. The normalized spacial score (nSPS) is 10.3. The third-order valence-corrected chi connectivity index (χ3v) is 4.32. The topological polar surface area (TPSA) is 21.3 Å². The number of nitrogens with one attached hydrogen (secondary N) is 1. The molecule has 0 saturated heterocycles. The van der Waals surface area contributed by atoms with E-state index >= 15 is 0 Å². The summed E-state index contributed by atoms with van der Waals surface area (Å²) >= 11 is 10.5. The van der Waals surface area contributed by atoms with Gasteiger partial charge in [0, 0.05) is 31.2 Å². The van der Waals surface area contributed by atoms with Crippen LogP contribution in [0.2, 0.25) is 0 Å². The van der Waals surface area contributed by atoms with E-state index in [4.69, 9.17) is 4.74 Å². The van der Waals surface area contributed by atoms with Crippen molar-refractivity contribution < 1.29 is 4.74 Å². The average molecular weight is 450 g/mol. The highest BCUT2D eigenvalue weighted by Gasteiger charge is 2.05. The minimum absolute atomic E-state index is 0.692. The Morgan fingerprint density at radius 2 is 1.68 bits per heavy atom. The first-order valence-electron chi connectivity index (χ1n) is 5.61. The molecule has 0 aromatic heterocycles. The highest BCUT2D eigenvalue weighted by Crippen LogP contribution is 2.28. The molecule has 0 aliphatic rings. The first-order valence-corrected chi connectivity index (χ1v) is 7.99. The van der Waals surface area contributed by atoms with Crippen LogP contribution in [0.4, 0.5) is 5.69 Å². The first-order chi connectivity index (χ1) is 9.10. The van der Waals surface area contributed by atoms with Crippen LogP contribution in [0, 0.1) is 0 Å². The van der Waals surface area contributed by atoms with E-state index in [0.29, 0.717) is 6.54 Å². The number of methoxy groups -OCH3 is 1. The van der Waals surface area contributed by atoms with Crippen LogP contribution in [0.5, 0.6) is 5.75 Å². The van der Waals surface area contributed by atoms with Crippen LogP contribution < -0.4 is 10.1 Å². The van der Waals surface area contributed by atoms with Crippen LogP contribution in [0.15, 0.2) is 49.8 Å². The van der Waals surface area contributed by atoms with Crippen molar-refractivity contribution >= 4 is 53.5 Å². The van der Waals surface area contributed by atoms with Crippen LogP contribution in [0.1, 0.15) is 5.56 Å². The Morgan fingerprint density at radius 1 is 1.00 bits per heavy atom. The summed E-state index contributed by atoms with van der Waals surface area (Å²) < 4.78 is 8.47. The van der Waals surface area contributed by atoms with Gasteiger partial charge >= 0.3 is 0 Å². The summed E-state index contributed by atoms with van der Waals surface area (Å²) in [6.07, 6.45) is 0. The summed E-state index contributed by atoms with van der Waals surface area (Å²) in [4.78, 5) is 0. The van der Waals surface area contributed by atoms with Gasteiger partial charge in [-0.25, -0.2) is 0 Å². The lowest BCUT2D eigenvalue weighted by atomic mass is 10.2. The molecule has 19 heavy (non-hydrogen) atoms. The molecule has 0 aliphatic carbocycles. The van der Waals surface area contributed by atoms with Crippen molar-refractivity contribution in [2.75, 3.05) is 12.4 Å². The van der Waals surface area contributed by atoms with Gasteiger partial charge in [-0.05, 0) is 52.3 Å². The quantitative estimate of drug-likeness (QED) is 0.656. The van der Waals surface area contributed by atoms with Crippen molar-refractivity contribution in [2.45, 2.75) is 6.54 Å². The molecular weight excluding hydrogens is 438 g/mol. The molecule has 0 radical (unpaired) electrons. The Balaban J connectivity index is 2.18. The average Bonchev–Trinajstić information content (AvgIpc) is 2.40. The maximum absolute atomic E-state index is 5.36. The molecule has 100 valence electrons. The second kappa shape index (κ2) is 6.77. The number of rotatable bonds is 4. The summed E-state index contributed by atoms with van der Waals surface area (Å²) in [7, 11) is 1.68. The molecule has 0 spiro atoms. The predicted molar refractivity (Wildman–Crippen MR) is 89.9 cm³/mol. The molecule has 2 aromatic rings. The summed E-state index contributed by atoms with van der Waals surface area (Å²) in [5.74, 6) is 0.877. The van der Waals surface area contributed by atoms with Crippen LogP contribution in [-0.4, -0.2) is 7.11 Å². The van der Waals surface area contributed by atoms with Crippen molar-refractivity contribution in [2.24, 2.45) is 0 Å². The van der Waals surface area contributed by atoms with E-state index in [1.165, 1.54) is 0 Å². The summed E-state index contributed by atoms with van der Waals surface area (Å²) in [6, 6.07) is 12.0. The lowest BCUT2D eigenvalue weighted by molar-refractivity contribution is 0.410. The molecule has 1 N–H and O–H groups in total. The van der Waals surface area contributed by atoms with Gasteiger partial charge in [-0.15, -0.1) is 0 Å². The van der Waals surface area contributed by atoms with E-state index in [2.05, 4.69) is 59.2 Å². The molecule has 2 nitrogen and oxygen atoms in total. The molecule has 2 aromatic carbocycles. The van der Waals surface area contributed by atoms with Gasteiger partial charge in [0.2, 0.25) is 0 Å². The zero-order valence-corrected chi connectivity index (χ0v) is 15.0. The number of benzene rings is 2. The molecule has 5 heteroatoms. The van der Waals surface area contributed by atoms with Gasteiger partial charge < -0.3 is 10.1 Å². The predicted octanol–water partition coefficient (Wildman–Crippen LogP) is 5.59. The summed E-state index contributed by atoms with van der Waals surface area (Å²) in [5.41, 5.74) is 2.14. The van der Waals surface area contributed by atoms with Crippen molar-refractivity contribution in [1.29, 1.82) is 0 Å². The molecular formula is C14H12Br3NO. The van der Waals surface area contributed by atoms with Gasteiger partial charge in [0.15, 0.2) is 0 Å². The molecule has 0 heterocycles. The van der Waals surface area contributed by atoms with E-state index in [-0.39, 0.29) is 0 Å². The Kier molecular flexibility index (Phi) is 5.30. The zero-order valence-electron chi connectivity index (χ0n) is 10.2. The number of anilines is 1. The summed E-state index contributed by atoms with van der Waals surface area (Å²) in [5, 5.41) is 3.39.